The Morgan fingerprint density at radius 2 is 2.21 bits per heavy atom. The van der Waals surface area contributed by atoms with Gasteiger partial charge < -0.3 is 4.74 Å². The molecule has 1 heterocycles. The molecule has 0 saturated heterocycles. The largest absolute Gasteiger partial charge is 0.491 e. The van der Waals surface area contributed by atoms with Crippen LogP contribution in [0.25, 0.3) is 0 Å². The minimum atomic E-state index is 0.334. The van der Waals surface area contributed by atoms with Crippen molar-refractivity contribution < 1.29 is 9.53 Å². The van der Waals surface area contributed by atoms with Gasteiger partial charge in [-0.1, -0.05) is 23.2 Å². The fourth-order valence-electron chi connectivity index (χ4n) is 1.69. The maximum absolute atomic E-state index is 11.0. The van der Waals surface area contributed by atoms with Crippen molar-refractivity contribution in [3.05, 3.63) is 45.7 Å². The zero-order chi connectivity index (χ0) is 13.8. The van der Waals surface area contributed by atoms with Crippen molar-refractivity contribution in [2.45, 2.75) is 6.42 Å². The lowest BCUT2D eigenvalue weighted by molar-refractivity contribution is 0.111. The molecular weight excluding hydrogens is 287 g/mol. The van der Waals surface area contributed by atoms with Crippen LogP contribution in [0.3, 0.4) is 0 Å². The van der Waals surface area contributed by atoms with Crippen molar-refractivity contribution in [3.8, 4) is 5.75 Å². The van der Waals surface area contributed by atoms with E-state index < -0.39 is 0 Å². The van der Waals surface area contributed by atoms with Gasteiger partial charge in [0.05, 0.1) is 23.4 Å². The van der Waals surface area contributed by atoms with Crippen LogP contribution in [0.4, 0.5) is 0 Å². The normalized spacial score (nSPS) is 10.5. The molecule has 0 N–H and O–H groups in total. The van der Waals surface area contributed by atoms with Crippen LogP contribution in [-0.4, -0.2) is 22.7 Å². The Labute approximate surface area is 120 Å². The van der Waals surface area contributed by atoms with Crippen molar-refractivity contribution in [2.24, 2.45) is 7.05 Å². The van der Waals surface area contributed by atoms with Crippen LogP contribution < -0.4 is 4.74 Å². The van der Waals surface area contributed by atoms with E-state index in [-0.39, 0.29) is 0 Å². The highest BCUT2D eigenvalue weighted by atomic mass is 35.5. The van der Waals surface area contributed by atoms with Crippen molar-refractivity contribution in [1.29, 1.82) is 0 Å². The van der Waals surface area contributed by atoms with Gasteiger partial charge in [-0.15, -0.1) is 0 Å². The lowest BCUT2D eigenvalue weighted by Crippen LogP contribution is -2.03. The highest BCUT2D eigenvalue weighted by molar-refractivity contribution is 6.36. The minimum Gasteiger partial charge on any atom is -0.491 e. The molecule has 0 aliphatic heterocycles. The first-order chi connectivity index (χ1) is 9.10. The molecule has 2 aromatic rings. The number of carbonyl (C=O) groups excluding carboxylic acids is 1. The van der Waals surface area contributed by atoms with Gasteiger partial charge in [0.1, 0.15) is 5.75 Å². The average Bonchev–Trinajstić information content (AvgIpc) is 2.77. The van der Waals surface area contributed by atoms with E-state index >= 15 is 0 Å². The van der Waals surface area contributed by atoms with Gasteiger partial charge in [-0.05, 0) is 17.7 Å². The summed E-state index contributed by atoms with van der Waals surface area (Å²) < 4.78 is 7.29. The molecule has 0 bridgehead atoms. The van der Waals surface area contributed by atoms with E-state index in [1.165, 1.54) is 6.07 Å². The summed E-state index contributed by atoms with van der Waals surface area (Å²) in [5.74, 6) is 0.366. The standard InChI is InChI=1S/C13H12Cl2N2O2/c1-17-7-9(6-16-17)2-3-19-13-10(8-18)4-11(14)5-12(13)15/h4-8H,2-3H2,1H3. The molecule has 0 unspecified atom stereocenters. The Morgan fingerprint density at radius 3 is 2.84 bits per heavy atom. The van der Waals surface area contributed by atoms with Gasteiger partial charge in [-0.3, -0.25) is 9.48 Å². The van der Waals surface area contributed by atoms with Crippen molar-refractivity contribution >= 4 is 29.5 Å². The molecule has 6 heteroatoms. The topological polar surface area (TPSA) is 44.1 Å². The fourth-order valence-corrected chi connectivity index (χ4v) is 2.26. The highest BCUT2D eigenvalue weighted by Crippen LogP contribution is 2.31. The van der Waals surface area contributed by atoms with Crippen molar-refractivity contribution in [1.82, 2.24) is 9.78 Å². The molecule has 0 fully saturated rings. The zero-order valence-electron chi connectivity index (χ0n) is 10.3. The SMILES string of the molecule is Cn1cc(CCOc2c(Cl)cc(Cl)cc2C=O)cn1. The Bertz CT molecular complexity index is 596. The van der Waals surface area contributed by atoms with E-state index in [4.69, 9.17) is 27.9 Å². The number of aryl methyl sites for hydroxylation is 1. The van der Waals surface area contributed by atoms with Crippen LogP contribution in [0.1, 0.15) is 15.9 Å². The van der Waals surface area contributed by atoms with E-state index in [2.05, 4.69) is 5.10 Å². The summed E-state index contributed by atoms with van der Waals surface area (Å²) in [6.07, 6.45) is 5.04. The first-order valence-electron chi connectivity index (χ1n) is 5.64. The third-order valence-electron chi connectivity index (χ3n) is 2.56. The van der Waals surface area contributed by atoms with E-state index in [0.29, 0.717) is 40.7 Å². The summed E-state index contributed by atoms with van der Waals surface area (Å²) in [7, 11) is 1.85. The second-order valence-electron chi connectivity index (χ2n) is 4.04. The van der Waals surface area contributed by atoms with Gasteiger partial charge in [-0.25, -0.2) is 0 Å². The lowest BCUT2D eigenvalue weighted by atomic mass is 10.2. The molecule has 0 amide bonds. The summed E-state index contributed by atoms with van der Waals surface area (Å²) in [6, 6.07) is 3.08. The number of hydrogen-bond acceptors (Lipinski definition) is 3. The summed E-state index contributed by atoms with van der Waals surface area (Å²) in [4.78, 5) is 11.0. The Balaban J connectivity index is 2.05. The van der Waals surface area contributed by atoms with Crippen LogP contribution in [0.15, 0.2) is 24.5 Å². The van der Waals surface area contributed by atoms with Gasteiger partial charge in [0.25, 0.3) is 0 Å². The highest BCUT2D eigenvalue weighted by Gasteiger charge is 2.10. The van der Waals surface area contributed by atoms with Crippen molar-refractivity contribution in [2.75, 3.05) is 6.61 Å². The molecule has 0 spiro atoms. The number of benzene rings is 1. The number of ether oxygens (including phenoxy) is 1. The first kappa shape index (κ1) is 13.9. The zero-order valence-corrected chi connectivity index (χ0v) is 11.8. The first-order valence-corrected chi connectivity index (χ1v) is 6.40. The minimum absolute atomic E-state index is 0.334. The van der Waals surface area contributed by atoms with Crippen molar-refractivity contribution in [3.63, 3.8) is 0 Å². The molecule has 0 radical (unpaired) electrons. The van der Waals surface area contributed by atoms with E-state index in [1.807, 2.05) is 13.2 Å². The quantitative estimate of drug-likeness (QED) is 0.797. The van der Waals surface area contributed by atoms with E-state index in [1.54, 1.807) is 16.9 Å². The van der Waals surface area contributed by atoms with Gasteiger partial charge >= 0.3 is 0 Å². The van der Waals surface area contributed by atoms with Gasteiger partial charge in [0, 0.05) is 24.7 Å². The number of aromatic nitrogens is 2. The molecule has 2 rings (SSSR count). The summed E-state index contributed by atoms with van der Waals surface area (Å²) in [6.45, 7) is 0.411. The number of rotatable bonds is 5. The number of carbonyl (C=O) groups is 1. The molecule has 0 saturated carbocycles. The van der Waals surface area contributed by atoms with Crippen LogP contribution in [-0.2, 0) is 13.5 Å². The van der Waals surface area contributed by atoms with Crippen LogP contribution in [0.5, 0.6) is 5.75 Å². The van der Waals surface area contributed by atoms with Crippen LogP contribution in [0.2, 0.25) is 10.0 Å². The second kappa shape index (κ2) is 6.08. The summed E-state index contributed by atoms with van der Waals surface area (Å²) in [5, 5.41) is 4.81. The molecule has 100 valence electrons. The predicted octanol–water partition coefficient (Wildman–Crippen LogP) is 3.16. The number of hydrogen-bond donors (Lipinski definition) is 0. The maximum Gasteiger partial charge on any atom is 0.153 e. The number of halogens is 2. The molecule has 19 heavy (non-hydrogen) atoms. The molecule has 4 nitrogen and oxygen atoms in total. The number of aldehydes is 1. The number of nitrogens with zero attached hydrogens (tertiary/aromatic N) is 2. The van der Waals surface area contributed by atoms with Crippen LogP contribution in [0, 0.1) is 0 Å². The molecule has 1 aromatic carbocycles. The maximum atomic E-state index is 11.0. The fraction of sp³-hybridized carbons (Fsp3) is 0.231. The molecular formula is C13H12Cl2N2O2. The van der Waals surface area contributed by atoms with Gasteiger partial charge in [-0.2, -0.15) is 5.10 Å². The second-order valence-corrected chi connectivity index (χ2v) is 4.89. The Kier molecular flexibility index (Phi) is 4.45. The lowest BCUT2D eigenvalue weighted by Gasteiger charge is -2.10. The van der Waals surface area contributed by atoms with Crippen LogP contribution >= 0.6 is 23.2 Å². The molecule has 0 atom stereocenters. The predicted molar refractivity (Wildman–Crippen MR) is 74.3 cm³/mol. The Hall–Kier alpha value is -1.52. The third kappa shape index (κ3) is 3.49. The van der Waals surface area contributed by atoms with Gasteiger partial charge in [0.15, 0.2) is 6.29 Å². The van der Waals surface area contributed by atoms with E-state index in [0.717, 1.165) is 5.56 Å². The van der Waals surface area contributed by atoms with Gasteiger partial charge in [0.2, 0.25) is 0 Å². The monoisotopic (exact) mass is 298 g/mol. The summed E-state index contributed by atoms with van der Waals surface area (Å²) >= 11 is 11.8. The third-order valence-corrected chi connectivity index (χ3v) is 3.06. The average molecular weight is 299 g/mol. The smallest absolute Gasteiger partial charge is 0.153 e. The summed E-state index contributed by atoms with van der Waals surface area (Å²) in [5.41, 5.74) is 1.41. The van der Waals surface area contributed by atoms with E-state index in [9.17, 15) is 4.79 Å². The molecule has 0 aliphatic rings. The Morgan fingerprint density at radius 1 is 1.42 bits per heavy atom. The molecule has 0 aliphatic carbocycles. The molecule has 1 aromatic heterocycles.